The van der Waals surface area contributed by atoms with Crippen LogP contribution in [0.25, 0.3) is 0 Å². The average Bonchev–Trinajstić information content (AvgIpc) is 2.81. The zero-order valence-corrected chi connectivity index (χ0v) is 15.9. The van der Waals surface area contributed by atoms with Crippen LogP contribution in [0.15, 0.2) is 16.3 Å². The lowest BCUT2D eigenvalue weighted by Gasteiger charge is -2.59. The molecule has 0 aliphatic heterocycles. The second-order valence-corrected chi connectivity index (χ2v) is 9.76. The second-order valence-electron chi connectivity index (χ2n) is 9.76. The van der Waals surface area contributed by atoms with E-state index in [2.05, 4.69) is 19.0 Å². The van der Waals surface area contributed by atoms with Crippen LogP contribution in [-0.4, -0.2) is 27.4 Å². The fraction of sp³-hybridized carbons (Fsp3) is 0.810. The topological polar surface area (TPSA) is 69.9 Å². The van der Waals surface area contributed by atoms with E-state index in [1.807, 2.05) is 13.8 Å². The van der Waals surface area contributed by atoms with Crippen LogP contribution in [0.2, 0.25) is 0 Å². The number of aliphatic hydroxyl groups is 1. The molecule has 4 aliphatic rings. The number of hydrogen-bond acceptors (Lipinski definition) is 4. The largest absolute Gasteiger partial charge is 0.411 e. The van der Waals surface area contributed by atoms with Crippen molar-refractivity contribution in [3.63, 3.8) is 0 Å². The molecule has 4 nitrogen and oxygen atoms in total. The minimum atomic E-state index is -0.560. The maximum atomic E-state index is 12.5. The van der Waals surface area contributed by atoms with Crippen molar-refractivity contribution in [1.29, 1.82) is 0 Å². The summed E-state index contributed by atoms with van der Waals surface area (Å²) in [5, 5.41) is 23.7. The van der Waals surface area contributed by atoms with Gasteiger partial charge in [-0.1, -0.05) is 24.6 Å². The Morgan fingerprint density at radius 1 is 1.08 bits per heavy atom. The zero-order valence-electron chi connectivity index (χ0n) is 15.9. The van der Waals surface area contributed by atoms with Crippen molar-refractivity contribution in [3.8, 4) is 0 Å². The van der Waals surface area contributed by atoms with Crippen molar-refractivity contribution in [2.24, 2.45) is 33.7 Å². The fourth-order valence-corrected chi connectivity index (χ4v) is 7.26. The third-order valence-corrected chi connectivity index (χ3v) is 8.95. The Hall–Kier alpha value is -1.16. The monoisotopic (exact) mass is 345 g/mol. The summed E-state index contributed by atoms with van der Waals surface area (Å²) >= 11 is 0. The van der Waals surface area contributed by atoms with Gasteiger partial charge in [0.1, 0.15) is 5.71 Å². The number of allylic oxidation sites excluding steroid dienone is 1. The highest BCUT2D eigenvalue weighted by Crippen LogP contribution is 2.67. The summed E-state index contributed by atoms with van der Waals surface area (Å²) < 4.78 is 0. The molecular weight excluding hydrogens is 314 g/mol. The van der Waals surface area contributed by atoms with Gasteiger partial charge in [0, 0.05) is 6.42 Å². The lowest BCUT2D eigenvalue weighted by Crippen LogP contribution is -2.55. The highest BCUT2D eigenvalue weighted by molar-refractivity contribution is 6.46. The third-order valence-electron chi connectivity index (χ3n) is 8.95. The standard InChI is InChI=1S/C21H31NO3/c1-12-14-6-5-13-15(19(14,2)11-17(22-25)18(12)23)7-9-20(3)16(13)8-10-21(20,4)24/h13,15-16,24-25H,5-11H2,1-4H3/t13-,15+,16+,19+,20+,21+/m1/s1. The van der Waals surface area contributed by atoms with Gasteiger partial charge in [0.15, 0.2) is 0 Å². The molecule has 0 amide bonds. The van der Waals surface area contributed by atoms with Crippen LogP contribution in [0, 0.1) is 28.6 Å². The van der Waals surface area contributed by atoms with Gasteiger partial charge < -0.3 is 10.3 Å². The average molecular weight is 345 g/mol. The van der Waals surface area contributed by atoms with Gasteiger partial charge in [0.25, 0.3) is 0 Å². The third kappa shape index (κ3) is 2.03. The highest BCUT2D eigenvalue weighted by atomic mass is 16.4. The van der Waals surface area contributed by atoms with E-state index in [1.54, 1.807) is 0 Å². The molecule has 0 bridgehead atoms. The minimum Gasteiger partial charge on any atom is -0.411 e. The quantitative estimate of drug-likeness (QED) is 0.513. The molecule has 0 saturated heterocycles. The first-order valence-electron chi connectivity index (χ1n) is 9.84. The first-order chi connectivity index (χ1) is 11.7. The first kappa shape index (κ1) is 17.3. The Bertz CT molecular complexity index is 691. The summed E-state index contributed by atoms with van der Waals surface area (Å²) in [6, 6.07) is 0. The molecule has 138 valence electrons. The Morgan fingerprint density at radius 2 is 1.76 bits per heavy atom. The Labute approximate surface area is 150 Å². The van der Waals surface area contributed by atoms with Crippen molar-refractivity contribution in [3.05, 3.63) is 11.1 Å². The van der Waals surface area contributed by atoms with Crippen molar-refractivity contribution >= 4 is 11.5 Å². The molecule has 0 aromatic carbocycles. The molecule has 4 aliphatic carbocycles. The lowest BCUT2D eigenvalue weighted by molar-refractivity contribution is -0.118. The molecule has 0 unspecified atom stereocenters. The Balaban J connectivity index is 1.75. The predicted octanol–water partition coefficient (Wildman–Crippen LogP) is 4.10. The molecule has 25 heavy (non-hydrogen) atoms. The summed E-state index contributed by atoms with van der Waals surface area (Å²) in [5.74, 6) is 1.61. The molecule has 6 atom stereocenters. The molecule has 0 heterocycles. The summed E-state index contributed by atoms with van der Waals surface area (Å²) in [5.41, 5.74) is 1.83. The Kier molecular flexibility index (Phi) is 3.58. The van der Waals surface area contributed by atoms with E-state index in [4.69, 9.17) is 0 Å². The molecule has 2 N–H and O–H groups in total. The molecule has 0 aromatic heterocycles. The normalized spacial score (nSPS) is 51.3. The zero-order chi connectivity index (χ0) is 18.2. The smallest absolute Gasteiger partial charge is 0.206 e. The number of nitrogens with zero attached hydrogens (tertiary/aromatic N) is 1. The summed E-state index contributed by atoms with van der Waals surface area (Å²) in [6.45, 7) is 8.53. The lowest BCUT2D eigenvalue weighted by atomic mass is 9.46. The molecule has 3 fully saturated rings. The number of Topliss-reactive ketones (excluding diaryl/α,β-unsaturated/α-hetero) is 1. The molecule has 4 rings (SSSR count). The maximum absolute atomic E-state index is 12.5. The number of oxime groups is 1. The van der Waals surface area contributed by atoms with Crippen LogP contribution >= 0.6 is 0 Å². The summed E-state index contributed by atoms with van der Waals surface area (Å²) in [4.78, 5) is 12.5. The number of carbonyl (C=O) groups excluding carboxylic acids is 1. The summed E-state index contributed by atoms with van der Waals surface area (Å²) in [6.07, 6.45) is 6.82. The van der Waals surface area contributed by atoms with E-state index in [-0.39, 0.29) is 16.6 Å². The fourth-order valence-electron chi connectivity index (χ4n) is 7.26. The van der Waals surface area contributed by atoms with E-state index in [1.165, 1.54) is 5.57 Å². The van der Waals surface area contributed by atoms with Crippen LogP contribution in [0.5, 0.6) is 0 Å². The van der Waals surface area contributed by atoms with Gasteiger partial charge in [-0.15, -0.1) is 0 Å². The van der Waals surface area contributed by atoms with E-state index >= 15 is 0 Å². The van der Waals surface area contributed by atoms with E-state index in [9.17, 15) is 15.1 Å². The molecule has 3 saturated carbocycles. The van der Waals surface area contributed by atoms with Gasteiger partial charge in [0.2, 0.25) is 5.78 Å². The number of rotatable bonds is 0. The van der Waals surface area contributed by atoms with Crippen LogP contribution < -0.4 is 0 Å². The van der Waals surface area contributed by atoms with Crippen LogP contribution in [0.1, 0.15) is 72.6 Å². The second kappa shape index (κ2) is 5.18. The van der Waals surface area contributed by atoms with Gasteiger partial charge in [0.05, 0.1) is 5.60 Å². The number of hydrogen-bond donors (Lipinski definition) is 2. The number of fused-ring (bicyclic) bond motifs is 5. The van der Waals surface area contributed by atoms with Gasteiger partial charge in [-0.3, -0.25) is 4.79 Å². The van der Waals surface area contributed by atoms with Crippen LogP contribution in [0.3, 0.4) is 0 Å². The van der Waals surface area contributed by atoms with Gasteiger partial charge in [-0.2, -0.15) is 0 Å². The van der Waals surface area contributed by atoms with Gasteiger partial charge >= 0.3 is 0 Å². The van der Waals surface area contributed by atoms with Crippen molar-refractivity contribution in [1.82, 2.24) is 0 Å². The molecular formula is C21H31NO3. The Morgan fingerprint density at radius 3 is 2.44 bits per heavy atom. The predicted molar refractivity (Wildman–Crippen MR) is 96.6 cm³/mol. The van der Waals surface area contributed by atoms with Gasteiger partial charge in [-0.05, 0) is 86.5 Å². The van der Waals surface area contributed by atoms with E-state index in [0.717, 1.165) is 44.1 Å². The molecule has 0 aromatic rings. The SMILES string of the molecule is CC1=C2CC[C@@H]3[C@H](CC[C@@]4(C)[C@H]3CC[C@]4(C)O)[C@@]2(C)CC(=NO)C1=O. The molecule has 4 heteroatoms. The van der Waals surface area contributed by atoms with Crippen molar-refractivity contribution < 1.29 is 15.1 Å². The van der Waals surface area contributed by atoms with E-state index < -0.39 is 5.60 Å². The minimum absolute atomic E-state index is 0.0131. The highest BCUT2D eigenvalue weighted by Gasteiger charge is 2.63. The molecule has 0 radical (unpaired) electrons. The first-order valence-corrected chi connectivity index (χ1v) is 9.84. The van der Waals surface area contributed by atoms with Crippen LogP contribution in [0.4, 0.5) is 0 Å². The van der Waals surface area contributed by atoms with Crippen molar-refractivity contribution in [2.75, 3.05) is 0 Å². The van der Waals surface area contributed by atoms with Gasteiger partial charge in [-0.25, -0.2) is 0 Å². The number of ketones is 1. The maximum Gasteiger partial charge on any atom is 0.206 e. The summed E-state index contributed by atoms with van der Waals surface area (Å²) in [7, 11) is 0. The van der Waals surface area contributed by atoms with E-state index in [0.29, 0.717) is 29.9 Å². The molecule has 0 spiro atoms. The van der Waals surface area contributed by atoms with Crippen LogP contribution in [-0.2, 0) is 4.79 Å². The van der Waals surface area contributed by atoms with Crippen molar-refractivity contribution in [2.45, 2.75) is 78.2 Å². The number of carbonyl (C=O) groups is 1.